The van der Waals surface area contributed by atoms with Gasteiger partial charge in [-0.1, -0.05) is 17.7 Å². The molecule has 4 aromatic rings. The molecule has 4 rings (SSSR count). The third kappa shape index (κ3) is 3.27. The van der Waals surface area contributed by atoms with Crippen LogP contribution in [0.3, 0.4) is 0 Å². The lowest BCUT2D eigenvalue weighted by Gasteiger charge is -2.07. The Labute approximate surface area is 154 Å². The number of hydrogen-bond acceptors (Lipinski definition) is 4. The van der Waals surface area contributed by atoms with Crippen LogP contribution in [0, 0.1) is 0 Å². The van der Waals surface area contributed by atoms with Gasteiger partial charge in [-0.2, -0.15) is 5.10 Å². The molecule has 7 heteroatoms. The summed E-state index contributed by atoms with van der Waals surface area (Å²) in [4.78, 5) is 21.2. The molecule has 0 saturated heterocycles. The van der Waals surface area contributed by atoms with E-state index in [4.69, 9.17) is 11.6 Å². The minimum Gasteiger partial charge on any atom is -0.305 e. The molecular weight excluding hydrogens is 350 g/mol. The predicted octanol–water partition coefficient (Wildman–Crippen LogP) is 3.78. The highest BCUT2D eigenvalue weighted by molar-refractivity contribution is 6.36. The topological polar surface area (TPSA) is 72.7 Å². The fourth-order valence-corrected chi connectivity index (χ4v) is 2.89. The molecule has 0 atom stereocenters. The first-order valence-corrected chi connectivity index (χ1v) is 8.36. The summed E-state index contributed by atoms with van der Waals surface area (Å²) in [5.74, 6) is 0.179. The predicted molar refractivity (Wildman–Crippen MR) is 100 cm³/mol. The summed E-state index contributed by atoms with van der Waals surface area (Å²) >= 11 is 6.18. The number of benzene rings is 1. The third-order valence-corrected chi connectivity index (χ3v) is 4.22. The molecule has 3 aromatic heterocycles. The van der Waals surface area contributed by atoms with Crippen LogP contribution < -0.4 is 5.32 Å². The van der Waals surface area contributed by atoms with Crippen molar-refractivity contribution in [2.75, 3.05) is 5.32 Å². The van der Waals surface area contributed by atoms with Gasteiger partial charge < -0.3 is 5.32 Å². The molecule has 0 radical (unpaired) electrons. The summed E-state index contributed by atoms with van der Waals surface area (Å²) in [5.41, 5.74) is 1.90. The Bertz CT molecular complexity index is 1080. The summed E-state index contributed by atoms with van der Waals surface area (Å²) in [7, 11) is 0. The fraction of sp³-hybridized carbons (Fsp3) is 0.0526. The second-order valence-electron chi connectivity index (χ2n) is 5.67. The Hall–Kier alpha value is -3.25. The van der Waals surface area contributed by atoms with E-state index in [1.54, 1.807) is 47.5 Å². The first-order valence-electron chi connectivity index (χ1n) is 7.99. The molecule has 0 fully saturated rings. The normalized spacial score (nSPS) is 10.8. The van der Waals surface area contributed by atoms with Crippen LogP contribution in [-0.4, -0.2) is 25.7 Å². The first-order chi connectivity index (χ1) is 12.7. The van der Waals surface area contributed by atoms with E-state index >= 15 is 0 Å². The smallest absolute Gasteiger partial charge is 0.259 e. The average molecular weight is 364 g/mol. The van der Waals surface area contributed by atoms with E-state index in [9.17, 15) is 4.79 Å². The summed E-state index contributed by atoms with van der Waals surface area (Å²) in [6, 6.07) is 14.4. The van der Waals surface area contributed by atoms with Gasteiger partial charge in [0.05, 0.1) is 28.3 Å². The molecule has 0 saturated carbocycles. The van der Waals surface area contributed by atoms with Gasteiger partial charge in [0, 0.05) is 30.0 Å². The van der Waals surface area contributed by atoms with Crippen molar-refractivity contribution in [2.45, 2.75) is 6.54 Å². The van der Waals surface area contributed by atoms with Crippen LogP contribution in [0.5, 0.6) is 0 Å². The van der Waals surface area contributed by atoms with Crippen LogP contribution in [0.2, 0.25) is 5.02 Å². The summed E-state index contributed by atoms with van der Waals surface area (Å²) in [6.07, 6.45) is 5.17. The van der Waals surface area contributed by atoms with Crippen molar-refractivity contribution in [1.29, 1.82) is 0 Å². The Kier molecular flexibility index (Phi) is 4.33. The van der Waals surface area contributed by atoms with Crippen molar-refractivity contribution in [3.8, 4) is 0 Å². The number of carbonyl (C=O) groups excluding carboxylic acids is 1. The van der Waals surface area contributed by atoms with Gasteiger partial charge in [-0.3, -0.25) is 19.4 Å². The molecule has 0 aliphatic carbocycles. The highest BCUT2D eigenvalue weighted by atomic mass is 35.5. The van der Waals surface area contributed by atoms with Crippen molar-refractivity contribution in [2.24, 2.45) is 0 Å². The molecule has 0 spiro atoms. The van der Waals surface area contributed by atoms with E-state index in [0.29, 0.717) is 28.5 Å². The number of amides is 1. The Balaban J connectivity index is 1.55. The zero-order chi connectivity index (χ0) is 17.9. The first kappa shape index (κ1) is 16.2. The van der Waals surface area contributed by atoms with Crippen LogP contribution in [0.25, 0.3) is 10.9 Å². The number of aromatic nitrogens is 4. The summed E-state index contributed by atoms with van der Waals surface area (Å²) < 4.78 is 1.72. The Morgan fingerprint density at radius 3 is 2.77 bits per heavy atom. The molecule has 1 aromatic carbocycles. The monoisotopic (exact) mass is 363 g/mol. The number of pyridine rings is 2. The van der Waals surface area contributed by atoms with Gasteiger partial charge in [0.15, 0.2) is 5.82 Å². The van der Waals surface area contributed by atoms with Gasteiger partial charge in [0.2, 0.25) is 0 Å². The Morgan fingerprint density at radius 2 is 1.92 bits per heavy atom. The highest BCUT2D eigenvalue weighted by Gasteiger charge is 2.14. The number of nitrogens with one attached hydrogen (secondary N) is 1. The highest BCUT2D eigenvalue weighted by Crippen LogP contribution is 2.25. The Morgan fingerprint density at radius 1 is 1.04 bits per heavy atom. The van der Waals surface area contributed by atoms with Crippen molar-refractivity contribution in [3.63, 3.8) is 0 Å². The number of halogens is 1. The fourth-order valence-electron chi connectivity index (χ4n) is 2.68. The van der Waals surface area contributed by atoms with Gasteiger partial charge >= 0.3 is 0 Å². The number of hydrogen-bond donors (Lipinski definition) is 1. The standard InChI is InChI=1S/C19H14ClN5O/c20-16-7-6-15(18-14(16)5-3-10-22-18)19(26)23-17-8-11-25(24-17)12-13-4-1-2-9-21-13/h1-11H,12H2,(H,23,24,26). The van der Waals surface area contributed by atoms with Gasteiger partial charge in [-0.25, -0.2) is 0 Å². The molecule has 3 heterocycles. The summed E-state index contributed by atoms with van der Waals surface area (Å²) in [5, 5.41) is 8.47. The molecule has 128 valence electrons. The molecule has 0 bridgehead atoms. The largest absolute Gasteiger partial charge is 0.305 e. The van der Waals surface area contributed by atoms with E-state index in [2.05, 4.69) is 20.4 Å². The van der Waals surface area contributed by atoms with Crippen LogP contribution >= 0.6 is 11.6 Å². The molecule has 0 unspecified atom stereocenters. The van der Waals surface area contributed by atoms with Gasteiger partial charge in [0.1, 0.15) is 0 Å². The van der Waals surface area contributed by atoms with E-state index in [1.165, 1.54) is 0 Å². The average Bonchev–Trinajstić information content (AvgIpc) is 3.10. The maximum atomic E-state index is 12.7. The maximum Gasteiger partial charge on any atom is 0.259 e. The van der Waals surface area contributed by atoms with Gasteiger partial charge in [-0.15, -0.1) is 0 Å². The molecule has 1 N–H and O–H groups in total. The lowest BCUT2D eigenvalue weighted by atomic mass is 10.1. The van der Waals surface area contributed by atoms with Crippen LogP contribution in [0.15, 0.2) is 67.1 Å². The van der Waals surface area contributed by atoms with Crippen LogP contribution in [0.4, 0.5) is 5.82 Å². The number of fused-ring (bicyclic) bond motifs is 1. The van der Waals surface area contributed by atoms with Crippen molar-refractivity contribution in [1.82, 2.24) is 19.7 Å². The van der Waals surface area contributed by atoms with E-state index < -0.39 is 0 Å². The molecule has 26 heavy (non-hydrogen) atoms. The zero-order valence-corrected chi connectivity index (χ0v) is 14.4. The molecule has 0 aliphatic heterocycles. The van der Waals surface area contributed by atoms with Crippen molar-refractivity contribution < 1.29 is 4.79 Å². The minimum absolute atomic E-state index is 0.284. The molecule has 6 nitrogen and oxygen atoms in total. The van der Waals surface area contributed by atoms with Gasteiger partial charge in [0.25, 0.3) is 5.91 Å². The number of anilines is 1. The van der Waals surface area contributed by atoms with E-state index in [1.807, 2.05) is 24.3 Å². The zero-order valence-electron chi connectivity index (χ0n) is 13.6. The number of carbonyl (C=O) groups is 1. The third-order valence-electron chi connectivity index (χ3n) is 3.89. The molecule has 0 aliphatic rings. The quantitative estimate of drug-likeness (QED) is 0.599. The second kappa shape index (κ2) is 6.93. The van der Waals surface area contributed by atoms with Gasteiger partial charge in [-0.05, 0) is 36.4 Å². The van der Waals surface area contributed by atoms with E-state index in [-0.39, 0.29) is 5.91 Å². The maximum absolute atomic E-state index is 12.7. The number of nitrogens with zero attached hydrogens (tertiary/aromatic N) is 4. The lowest BCUT2D eigenvalue weighted by molar-refractivity contribution is 0.102. The molecule has 1 amide bonds. The van der Waals surface area contributed by atoms with E-state index in [0.717, 1.165) is 11.1 Å². The van der Waals surface area contributed by atoms with Crippen molar-refractivity contribution in [3.05, 3.63) is 83.4 Å². The second-order valence-corrected chi connectivity index (χ2v) is 6.08. The minimum atomic E-state index is -0.284. The SMILES string of the molecule is O=C(Nc1ccn(Cc2ccccn2)n1)c1ccc(Cl)c2cccnc12. The molecular formula is C19H14ClN5O. The summed E-state index contributed by atoms with van der Waals surface area (Å²) in [6.45, 7) is 0.530. The van der Waals surface area contributed by atoms with Crippen molar-refractivity contribution >= 4 is 34.2 Å². The number of rotatable bonds is 4. The van der Waals surface area contributed by atoms with Crippen LogP contribution in [0.1, 0.15) is 16.1 Å². The van der Waals surface area contributed by atoms with Crippen LogP contribution in [-0.2, 0) is 6.54 Å². The lowest BCUT2D eigenvalue weighted by Crippen LogP contribution is -2.14.